The maximum atomic E-state index is 12.4. The van der Waals surface area contributed by atoms with Gasteiger partial charge in [0.2, 0.25) is 6.41 Å². The predicted octanol–water partition coefficient (Wildman–Crippen LogP) is 1.75. The number of hydrogen-bond acceptors (Lipinski definition) is 6. The number of aliphatic hydroxyl groups excluding tert-OH is 1. The normalized spacial score (nSPS) is 13.9. The zero-order valence-corrected chi connectivity index (χ0v) is 16.8. The van der Waals surface area contributed by atoms with E-state index in [0.717, 1.165) is 22.7 Å². The first-order valence-electron chi connectivity index (χ1n) is 9.82. The van der Waals surface area contributed by atoms with Gasteiger partial charge < -0.3 is 20.1 Å². The maximum Gasteiger partial charge on any atom is 0.261 e. The molecule has 0 saturated heterocycles. The Kier molecular flexibility index (Phi) is 7.16. The molecule has 2 N–H and O–H groups in total. The Labute approximate surface area is 175 Å². The van der Waals surface area contributed by atoms with Crippen molar-refractivity contribution in [1.29, 1.82) is 0 Å². The first-order chi connectivity index (χ1) is 14.5. The Morgan fingerprint density at radius 1 is 1.10 bits per heavy atom. The average Bonchev–Trinajstić information content (AvgIpc) is 3.01. The monoisotopic (exact) mass is 411 g/mol. The summed E-state index contributed by atoms with van der Waals surface area (Å²) in [5.41, 5.74) is 2.21. The first kappa shape index (κ1) is 21.5. The summed E-state index contributed by atoms with van der Waals surface area (Å²) >= 11 is 0. The summed E-state index contributed by atoms with van der Waals surface area (Å²) in [7, 11) is 0. The fourth-order valence-electron chi connectivity index (χ4n) is 3.24. The molecule has 1 aliphatic heterocycles. The van der Waals surface area contributed by atoms with Crippen LogP contribution in [0.2, 0.25) is 0 Å². The molecule has 0 aliphatic carbocycles. The minimum atomic E-state index is -0.926. The number of ether oxygens (including phenoxy) is 1. The van der Waals surface area contributed by atoms with Crippen LogP contribution in [0.4, 0.5) is 11.4 Å². The van der Waals surface area contributed by atoms with Gasteiger partial charge in [-0.2, -0.15) is 0 Å². The van der Waals surface area contributed by atoms with E-state index in [1.165, 1.54) is 0 Å². The van der Waals surface area contributed by atoms with Crippen LogP contribution in [0.3, 0.4) is 0 Å². The lowest BCUT2D eigenvalue weighted by Gasteiger charge is -2.20. The summed E-state index contributed by atoms with van der Waals surface area (Å²) in [4.78, 5) is 38.6. The molecular formula is C22H25N3O5. The van der Waals surface area contributed by atoms with Gasteiger partial charge in [-0.05, 0) is 43.3 Å². The number of rotatable bonds is 11. The van der Waals surface area contributed by atoms with Gasteiger partial charge in [0.25, 0.3) is 11.8 Å². The van der Waals surface area contributed by atoms with Gasteiger partial charge in [-0.3, -0.25) is 19.3 Å². The number of carbonyl (C=O) groups is 3. The van der Waals surface area contributed by atoms with Gasteiger partial charge in [-0.15, -0.1) is 0 Å². The van der Waals surface area contributed by atoms with E-state index in [4.69, 9.17) is 4.74 Å². The van der Waals surface area contributed by atoms with E-state index in [0.29, 0.717) is 30.9 Å². The Bertz CT molecular complexity index is 865. The highest BCUT2D eigenvalue weighted by Crippen LogP contribution is 2.22. The molecule has 30 heavy (non-hydrogen) atoms. The predicted molar refractivity (Wildman–Crippen MR) is 113 cm³/mol. The third-order valence-electron chi connectivity index (χ3n) is 4.82. The molecule has 0 spiro atoms. The number of hydrogen-bond donors (Lipinski definition) is 2. The smallest absolute Gasteiger partial charge is 0.261 e. The van der Waals surface area contributed by atoms with Gasteiger partial charge in [0, 0.05) is 31.1 Å². The number of benzene rings is 2. The molecule has 0 saturated carbocycles. The van der Waals surface area contributed by atoms with Gasteiger partial charge >= 0.3 is 0 Å². The highest BCUT2D eigenvalue weighted by atomic mass is 16.5. The number of amides is 3. The minimum Gasteiger partial charge on any atom is -0.389 e. The highest BCUT2D eigenvalue weighted by Gasteiger charge is 2.35. The molecule has 158 valence electrons. The summed E-state index contributed by atoms with van der Waals surface area (Å²) in [6.07, 6.45) is -0.169. The Morgan fingerprint density at radius 3 is 2.30 bits per heavy atom. The molecule has 2 aromatic carbocycles. The molecule has 8 nitrogen and oxygen atoms in total. The molecule has 3 rings (SSSR count). The summed E-state index contributed by atoms with van der Waals surface area (Å²) in [6, 6.07) is 13.8. The average molecular weight is 411 g/mol. The Hall–Kier alpha value is -3.23. The van der Waals surface area contributed by atoms with Crippen LogP contribution in [-0.4, -0.2) is 67.2 Å². The second kappa shape index (κ2) is 10.00. The summed E-state index contributed by atoms with van der Waals surface area (Å²) in [6.45, 7) is 3.48. The number of anilines is 2. The largest absolute Gasteiger partial charge is 0.389 e. The number of imide groups is 1. The van der Waals surface area contributed by atoms with E-state index in [1.54, 1.807) is 53.4 Å². The number of carbonyl (C=O) groups excluding carboxylic acids is 3. The molecule has 0 bridgehead atoms. The van der Waals surface area contributed by atoms with Crippen molar-refractivity contribution in [3.63, 3.8) is 0 Å². The van der Waals surface area contributed by atoms with Crippen LogP contribution in [0.15, 0.2) is 48.5 Å². The van der Waals surface area contributed by atoms with Gasteiger partial charge in [-0.1, -0.05) is 12.1 Å². The van der Waals surface area contributed by atoms with Crippen molar-refractivity contribution in [2.24, 2.45) is 0 Å². The van der Waals surface area contributed by atoms with Crippen LogP contribution in [0.5, 0.6) is 0 Å². The van der Waals surface area contributed by atoms with E-state index >= 15 is 0 Å². The topological polar surface area (TPSA) is 99.2 Å². The van der Waals surface area contributed by atoms with E-state index in [9.17, 15) is 19.5 Å². The van der Waals surface area contributed by atoms with Crippen molar-refractivity contribution in [2.75, 3.05) is 43.1 Å². The van der Waals surface area contributed by atoms with Crippen LogP contribution in [-0.2, 0) is 9.53 Å². The van der Waals surface area contributed by atoms with Crippen molar-refractivity contribution < 1.29 is 24.2 Å². The molecule has 1 aliphatic rings. The second-order valence-electron chi connectivity index (χ2n) is 6.84. The fraction of sp³-hybridized carbons (Fsp3) is 0.318. The van der Waals surface area contributed by atoms with Crippen LogP contribution in [0, 0.1) is 0 Å². The molecule has 2 aromatic rings. The number of aliphatic hydroxyl groups is 1. The lowest BCUT2D eigenvalue weighted by molar-refractivity contribution is -0.107. The lowest BCUT2D eigenvalue weighted by Crippen LogP contribution is -2.39. The summed E-state index contributed by atoms with van der Waals surface area (Å²) < 4.78 is 5.27. The number of β-amino-alcohol motifs (C(OH)–C–C–N with tert-alkyl or cyclic N) is 1. The summed E-state index contributed by atoms with van der Waals surface area (Å²) in [5.74, 6) is -0.778. The number of nitrogens with zero attached hydrogens (tertiary/aromatic N) is 2. The van der Waals surface area contributed by atoms with Gasteiger partial charge in [0.1, 0.15) is 0 Å². The van der Waals surface area contributed by atoms with Crippen LogP contribution in [0.1, 0.15) is 27.6 Å². The van der Waals surface area contributed by atoms with Crippen molar-refractivity contribution in [3.8, 4) is 0 Å². The molecule has 0 radical (unpaired) electrons. The van der Waals surface area contributed by atoms with Gasteiger partial charge in [-0.25, -0.2) is 0 Å². The molecule has 3 amide bonds. The van der Waals surface area contributed by atoms with Crippen LogP contribution < -0.4 is 10.2 Å². The Morgan fingerprint density at radius 2 is 1.73 bits per heavy atom. The first-order valence-corrected chi connectivity index (χ1v) is 9.82. The number of nitrogens with one attached hydrogen (secondary N) is 1. The van der Waals surface area contributed by atoms with E-state index in [-0.39, 0.29) is 24.9 Å². The van der Waals surface area contributed by atoms with Crippen molar-refractivity contribution in [3.05, 3.63) is 59.7 Å². The molecular weight excluding hydrogens is 386 g/mol. The third kappa shape index (κ3) is 4.84. The van der Waals surface area contributed by atoms with Crippen LogP contribution in [0.25, 0.3) is 0 Å². The van der Waals surface area contributed by atoms with Crippen molar-refractivity contribution in [2.45, 2.75) is 13.0 Å². The quantitative estimate of drug-likeness (QED) is 0.332. The molecule has 0 fully saturated rings. The molecule has 1 atom stereocenters. The van der Waals surface area contributed by atoms with E-state index in [2.05, 4.69) is 5.32 Å². The van der Waals surface area contributed by atoms with E-state index < -0.39 is 6.10 Å². The molecule has 0 aromatic heterocycles. The molecule has 1 heterocycles. The Balaban J connectivity index is 1.51. The van der Waals surface area contributed by atoms with Gasteiger partial charge in [0.15, 0.2) is 0 Å². The number of fused-ring (bicyclic) bond motifs is 1. The second-order valence-corrected chi connectivity index (χ2v) is 6.84. The fourth-order valence-corrected chi connectivity index (χ4v) is 3.24. The van der Waals surface area contributed by atoms with Gasteiger partial charge in [0.05, 0.1) is 30.4 Å². The third-order valence-corrected chi connectivity index (χ3v) is 4.82. The van der Waals surface area contributed by atoms with Crippen LogP contribution >= 0.6 is 0 Å². The van der Waals surface area contributed by atoms with Crippen molar-refractivity contribution in [1.82, 2.24) is 4.90 Å². The SMILES string of the molecule is CCOCCN(C=O)c1ccc(NCC(O)CN2C(=O)c3ccccc3C2=O)cc1. The maximum absolute atomic E-state index is 12.4. The van der Waals surface area contributed by atoms with E-state index in [1.807, 2.05) is 6.92 Å². The molecule has 1 unspecified atom stereocenters. The zero-order chi connectivity index (χ0) is 21.5. The zero-order valence-electron chi connectivity index (χ0n) is 16.8. The lowest BCUT2D eigenvalue weighted by atomic mass is 10.1. The highest BCUT2D eigenvalue weighted by molar-refractivity contribution is 6.21. The molecule has 8 heteroatoms. The van der Waals surface area contributed by atoms with Crippen molar-refractivity contribution >= 4 is 29.6 Å². The summed E-state index contributed by atoms with van der Waals surface area (Å²) in [5, 5.41) is 13.4. The standard InChI is InChI=1S/C22H25N3O5/c1-2-30-12-11-24(15-26)17-9-7-16(8-10-17)23-13-18(27)14-25-21(28)19-5-3-4-6-20(19)22(25)29/h3-10,15,18,23,27H,2,11-14H2,1H3. The minimum absolute atomic E-state index is 0.0895.